The van der Waals surface area contributed by atoms with Gasteiger partial charge in [-0.05, 0) is 38.4 Å². The Hall–Kier alpha value is -0.450. The van der Waals surface area contributed by atoms with Gasteiger partial charge in [-0.3, -0.25) is 0 Å². The lowest BCUT2D eigenvalue weighted by atomic mass is 9.94. The summed E-state index contributed by atoms with van der Waals surface area (Å²) in [5.41, 5.74) is 0. The first-order valence-corrected chi connectivity index (χ1v) is 7.40. The van der Waals surface area contributed by atoms with E-state index in [1.54, 1.807) is 11.3 Å². The number of piperidine rings is 1. The van der Waals surface area contributed by atoms with E-state index in [4.69, 9.17) is 5.11 Å². The van der Waals surface area contributed by atoms with E-state index in [1.165, 1.54) is 42.4 Å². The summed E-state index contributed by atoms with van der Waals surface area (Å²) in [4.78, 5) is 8.20. The van der Waals surface area contributed by atoms with Crippen LogP contribution in [-0.4, -0.2) is 41.2 Å². The number of aliphatic hydroxyl groups excluding tert-OH is 1. The maximum absolute atomic E-state index is 8.88. The zero-order chi connectivity index (χ0) is 12.1. The molecule has 0 amide bonds. The lowest BCUT2D eigenvalue weighted by Gasteiger charge is -2.30. The van der Waals surface area contributed by atoms with Gasteiger partial charge in [0.1, 0.15) is 0 Å². The molecule has 1 aliphatic rings. The van der Waals surface area contributed by atoms with Crippen LogP contribution in [0.1, 0.15) is 29.7 Å². The van der Waals surface area contributed by atoms with Crippen molar-refractivity contribution in [3.63, 3.8) is 0 Å². The molecule has 17 heavy (non-hydrogen) atoms. The van der Waals surface area contributed by atoms with Gasteiger partial charge in [-0.1, -0.05) is 6.92 Å². The second-order valence-electron chi connectivity index (χ2n) is 4.78. The maximum Gasteiger partial charge on any atom is 0.0930 e. The molecule has 0 spiro atoms. The molecule has 4 heteroatoms. The predicted octanol–water partition coefficient (Wildman–Crippen LogP) is 1.95. The van der Waals surface area contributed by atoms with Crippen LogP contribution in [0.2, 0.25) is 0 Å². The minimum Gasteiger partial charge on any atom is -0.396 e. The van der Waals surface area contributed by atoms with E-state index in [2.05, 4.69) is 16.8 Å². The van der Waals surface area contributed by atoms with Crippen LogP contribution in [0.4, 0.5) is 0 Å². The Kier molecular flexibility index (Phi) is 4.95. The number of rotatable bonds is 5. The van der Waals surface area contributed by atoms with Gasteiger partial charge in [0.05, 0.1) is 5.01 Å². The first kappa shape index (κ1) is 13.0. The molecule has 0 unspecified atom stereocenters. The highest BCUT2D eigenvalue weighted by atomic mass is 32.1. The smallest absolute Gasteiger partial charge is 0.0930 e. The topological polar surface area (TPSA) is 36.4 Å². The molecule has 96 valence electrons. The molecular weight excluding hydrogens is 232 g/mol. The molecule has 2 heterocycles. The van der Waals surface area contributed by atoms with E-state index in [0.717, 1.165) is 18.8 Å². The summed E-state index contributed by atoms with van der Waals surface area (Å²) in [6.45, 7) is 6.15. The van der Waals surface area contributed by atoms with Crippen molar-refractivity contribution in [2.45, 2.75) is 32.6 Å². The summed E-state index contributed by atoms with van der Waals surface area (Å²) in [7, 11) is 0. The third-order valence-corrected chi connectivity index (χ3v) is 4.66. The zero-order valence-corrected chi connectivity index (χ0v) is 11.4. The van der Waals surface area contributed by atoms with Gasteiger partial charge in [-0.15, -0.1) is 11.3 Å². The van der Waals surface area contributed by atoms with Crippen LogP contribution in [0, 0.1) is 5.92 Å². The molecule has 0 bridgehead atoms. The van der Waals surface area contributed by atoms with Crippen LogP contribution in [-0.2, 0) is 12.8 Å². The normalized spacial score (nSPS) is 18.7. The summed E-state index contributed by atoms with van der Waals surface area (Å²) in [5.74, 6) is 0.811. The monoisotopic (exact) mass is 254 g/mol. The predicted molar refractivity (Wildman–Crippen MR) is 71.4 cm³/mol. The van der Waals surface area contributed by atoms with E-state index < -0.39 is 0 Å². The van der Waals surface area contributed by atoms with Crippen molar-refractivity contribution in [2.75, 3.05) is 26.2 Å². The van der Waals surface area contributed by atoms with E-state index >= 15 is 0 Å². The fourth-order valence-electron chi connectivity index (χ4n) is 2.42. The molecule has 0 aromatic carbocycles. The molecule has 1 N–H and O–H groups in total. The third kappa shape index (κ3) is 3.76. The molecule has 1 aliphatic heterocycles. The Bertz CT molecular complexity index is 332. The van der Waals surface area contributed by atoms with Crippen molar-refractivity contribution in [1.29, 1.82) is 0 Å². The Labute approximate surface area is 107 Å². The summed E-state index contributed by atoms with van der Waals surface area (Å²) in [5, 5.41) is 10.1. The quantitative estimate of drug-likeness (QED) is 0.872. The number of nitrogens with zero attached hydrogens (tertiary/aromatic N) is 2. The standard InChI is InChI=1S/C13H22N2OS/c1-2-15-6-3-11(4-7-15)9-13-14-10-12(17-13)5-8-16/h10-11,16H,2-9H2,1H3. The fourth-order valence-corrected chi connectivity index (χ4v) is 3.45. The van der Waals surface area contributed by atoms with Crippen LogP contribution in [0.3, 0.4) is 0 Å². The second-order valence-corrected chi connectivity index (χ2v) is 5.98. The van der Waals surface area contributed by atoms with Crippen LogP contribution in [0.15, 0.2) is 6.20 Å². The maximum atomic E-state index is 8.88. The van der Waals surface area contributed by atoms with Crippen LogP contribution >= 0.6 is 11.3 Å². The average molecular weight is 254 g/mol. The number of hydrogen-bond donors (Lipinski definition) is 1. The van der Waals surface area contributed by atoms with Crippen molar-refractivity contribution in [2.24, 2.45) is 5.92 Å². The number of hydrogen-bond acceptors (Lipinski definition) is 4. The number of likely N-dealkylation sites (tertiary alicyclic amines) is 1. The van der Waals surface area contributed by atoms with Gasteiger partial charge in [0, 0.05) is 30.5 Å². The number of aliphatic hydroxyl groups is 1. The first-order chi connectivity index (χ1) is 8.31. The highest BCUT2D eigenvalue weighted by Crippen LogP contribution is 2.24. The van der Waals surface area contributed by atoms with Crippen molar-refractivity contribution in [1.82, 2.24) is 9.88 Å². The van der Waals surface area contributed by atoms with Crippen LogP contribution in [0.5, 0.6) is 0 Å². The van der Waals surface area contributed by atoms with Gasteiger partial charge in [0.25, 0.3) is 0 Å². The first-order valence-electron chi connectivity index (χ1n) is 6.58. The van der Waals surface area contributed by atoms with Gasteiger partial charge < -0.3 is 10.0 Å². The molecule has 1 aromatic rings. The summed E-state index contributed by atoms with van der Waals surface area (Å²) in [6, 6.07) is 0. The minimum atomic E-state index is 0.233. The second kappa shape index (κ2) is 6.47. The number of aromatic nitrogens is 1. The molecule has 1 saturated heterocycles. The molecule has 1 fully saturated rings. The van der Waals surface area contributed by atoms with Gasteiger partial charge in [0.15, 0.2) is 0 Å². The fraction of sp³-hybridized carbons (Fsp3) is 0.769. The van der Waals surface area contributed by atoms with E-state index in [9.17, 15) is 0 Å². The Morgan fingerprint density at radius 2 is 2.24 bits per heavy atom. The van der Waals surface area contributed by atoms with Gasteiger partial charge in [0.2, 0.25) is 0 Å². The Balaban J connectivity index is 1.80. The molecule has 3 nitrogen and oxygen atoms in total. The lowest BCUT2D eigenvalue weighted by molar-refractivity contribution is 0.192. The van der Waals surface area contributed by atoms with Crippen LogP contribution < -0.4 is 0 Å². The molecule has 0 radical (unpaired) electrons. The Morgan fingerprint density at radius 3 is 2.88 bits per heavy atom. The third-order valence-electron chi connectivity index (χ3n) is 3.58. The SMILES string of the molecule is CCN1CCC(Cc2ncc(CCO)s2)CC1. The Morgan fingerprint density at radius 1 is 1.47 bits per heavy atom. The van der Waals surface area contributed by atoms with Crippen molar-refractivity contribution in [3.8, 4) is 0 Å². The summed E-state index contributed by atoms with van der Waals surface area (Å²) in [6.07, 6.45) is 6.43. The highest BCUT2D eigenvalue weighted by Gasteiger charge is 2.19. The zero-order valence-electron chi connectivity index (χ0n) is 10.6. The van der Waals surface area contributed by atoms with Gasteiger partial charge in [-0.2, -0.15) is 0 Å². The highest BCUT2D eigenvalue weighted by molar-refractivity contribution is 7.11. The number of thiazole rings is 1. The molecular formula is C13H22N2OS. The van der Waals surface area contributed by atoms with Gasteiger partial charge >= 0.3 is 0 Å². The average Bonchev–Trinajstić information content (AvgIpc) is 2.78. The van der Waals surface area contributed by atoms with Gasteiger partial charge in [-0.25, -0.2) is 4.98 Å². The summed E-state index contributed by atoms with van der Waals surface area (Å²) < 4.78 is 0. The van der Waals surface area contributed by atoms with Crippen molar-refractivity contribution in [3.05, 3.63) is 16.1 Å². The molecule has 1 aromatic heterocycles. The molecule has 0 aliphatic carbocycles. The molecule has 0 saturated carbocycles. The molecule has 2 rings (SSSR count). The van der Waals surface area contributed by atoms with E-state index in [1.807, 2.05) is 6.20 Å². The van der Waals surface area contributed by atoms with Crippen LogP contribution in [0.25, 0.3) is 0 Å². The summed E-state index contributed by atoms with van der Waals surface area (Å²) >= 11 is 1.77. The van der Waals surface area contributed by atoms with E-state index in [0.29, 0.717) is 0 Å². The van der Waals surface area contributed by atoms with Crippen molar-refractivity contribution >= 4 is 11.3 Å². The van der Waals surface area contributed by atoms with Crippen molar-refractivity contribution < 1.29 is 5.11 Å². The minimum absolute atomic E-state index is 0.233. The largest absolute Gasteiger partial charge is 0.396 e. The molecule has 0 atom stereocenters. The lowest BCUT2D eigenvalue weighted by Crippen LogP contribution is -2.33. The van der Waals surface area contributed by atoms with E-state index in [-0.39, 0.29) is 6.61 Å².